The molecule has 4 N–H and O–H groups in total. The highest BCUT2D eigenvalue weighted by Gasteiger charge is 2.52. The van der Waals surface area contributed by atoms with Crippen LogP contribution in [0, 0.1) is 11.8 Å². The molecular formula is C36H41ClN4O5. The van der Waals surface area contributed by atoms with Crippen LogP contribution in [0.2, 0.25) is 5.02 Å². The molecule has 0 radical (unpaired) electrons. The summed E-state index contributed by atoms with van der Waals surface area (Å²) in [7, 11) is 0. The monoisotopic (exact) mass is 644 g/mol. The summed E-state index contributed by atoms with van der Waals surface area (Å²) in [5.74, 6) is -1.40. The fraction of sp³-hybridized carbons (Fsp3) is 0.361. The van der Waals surface area contributed by atoms with Crippen molar-refractivity contribution in [3.63, 3.8) is 0 Å². The van der Waals surface area contributed by atoms with E-state index < -0.39 is 17.4 Å². The number of benzene rings is 3. The number of halogens is 1. The molecule has 242 valence electrons. The number of amides is 3. The van der Waals surface area contributed by atoms with Crippen LogP contribution in [0.5, 0.6) is 0 Å². The number of anilines is 2. The molecule has 1 fully saturated rings. The predicted molar refractivity (Wildman–Crippen MR) is 179 cm³/mol. The molecule has 2 heterocycles. The standard InChI is InChI=1S/C36H41ClN4O5/c1-25(7-5-11-33(43)40(19-20-42)23-26-8-3-2-4-9-26)36(46)31-21-29(37)14-17-32(31)41(35(36)45)24-27-12-15-30(16-13-27)39-34(44)28-10-6-18-38-22-28/h2-5,7-9,12-17,21,25,28,38,42,46H,6,10-11,18-20,22-24H2,1H3,(H,39,44)/b7-5+/t25-,28?,36+/m1/s1. The van der Waals surface area contributed by atoms with E-state index in [1.54, 1.807) is 47.1 Å². The van der Waals surface area contributed by atoms with E-state index in [-0.39, 0.29) is 43.8 Å². The summed E-state index contributed by atoms with van der Waals surface area (Å²) >= 11 is 6.33. The lowest BCUT2D eigenvalue weighted by Crippen LogP contribution is -2.44. The molecule has 46 heavy (non-hydrogen) atoms. The van der Waals surface area contributed by atoms with Crippen molar-refractivity contribution in [2.45, 2.75) is 44.9 Å². The molecule has 3 atom stereocenters. The molecule has 5 rings (SSSR count). The largest absolute Gasteiger partial charge is 0.395 e. The van der Waals surface area contributed by atoms with Crippen LogP contribution in [0.15, 0.2) is 84.9 Å². The molecule has 0 aliphatic carbocycles. The number of aliphatic hydroxyl groups is 2. The Labute approximate surface area is 274 Å². The SMILES string of the molecule is C[C@H](/C=C/CC(=O)N(CCO)Cc1ccccc1)[C@@]1(O)C(=O)N(Cc2ccc(NC(=O)C3CCCNC3)cc2)c2ccc(Cl)cc21. The second-order valence-corrected chi connectivity index (χ2v) is 12.4. The first-order valence-corrected chi connectivity index (χ1v) is 16.1. The van der Waals surface area contributed by atoms with Gasteiger partial charge >= 0.3 is 0 Å². The Morgan fingerprint density at radius 1 is 1.13 bits per heavy atom. The number of nitrogens with zero attached hydrogens (tertiary/aromatic N) is 2. The number of rotatable bonds is 12. The van der Waals surface area contributed by atoms with Gasteiger partial charge in [0.2, 0.25) is 11.8 Å². The zero-order valence-corrected chi connectivity index (χ0v) is 26.7. The number of carbonyl (C=O) groups excluding carboxylic acids is 3. The molecule has 9 nitrogen and oxygen atoms in total. The zero-order chi connectivity index (χ0) is 32.7. The molecule has 1 unspecified atom stereocenters. The molecule has 10 heteroatoms. The molecule has 0 bridgehead atoms. The Balaban J connectivity index is 1.27. The number of hydrogen-bond acceptors (Lipinski definition) is 6. The first kappa shape index (κ1) is 33.3. The van der Waals surface area contributed by atoms with Crippen molar-refractivity contribution in [1.29, 1.82) is 0 Å². The third-order valence-electron chi connectivity index (χ3n) is 8.78. The van der Waals surface area contributed by atoms with E-state index >= 15 is 0 Å². The number of hydrogen-bond donors (Lipinski definition) is 4. The van der Waals surface area contributed by atoms with Crippen molar-refractivity contribution in [2.24, 2.45) is 11.8 Å². The highest BCUT2D eigenvalue weighted by Crippen LogP contribution is 2.46. The fourth-order valence-corrected chi connectivity index (χ4v) is 6.30. The third kappa shape index (κ3) is 7.50. The van der Waals surface area contributed by atoms with E-state index in [1.165, 1.54) is 0 Å². The van der Waals surface area contributed by atoms with Crippen LogP contribution in [0.25, 0.3) is 0 Å². The Kier molecular flexibility index (Phi) is 10.9. The predicted octanol–water partition coefficient (Wildman–Crippen LogP) is 4.62. The van der Waals surface area contributed by atoms with Crippen LogP contribution in [-0.4, -0.2) is 59.1 Å². The molecule has 3 amide bonds. The maximum absolute atomic E-state index is 14.0. The number of nitrogens with one attached hydrogen (secondary N) is 2. The highest BCUT2D eigenvalue weighted by atomic mass is 35.5. The molecule has 3 aromatic carbocycles. The van der Waals surface area contributed by atoms with Crippen LogP contribution >= 0.6 is 11.6 Å². The van der Waals surface area contributed by atoms with Gasteiger partial charge in [-0.15, -0.1) is 0 Å². The van der Waals surface area contributed by atoms with E-state index in [0.29, 0.717) is 35.1 Å². The van der Waals surface area contributed by atoms with Crippen LogP contribution < -0.4 is 15.5 Å². The van der Waals surface area contributed by atoms with Gasteiger partial charge in [0.25, 0.3) is 5.91 Å². The Bertz CT molecular complexity index is 1560. The summed E-state index contributed by atoms with van der Waals surface area (Å²) in [4.78, 5) is 42.8. The number of fused-ring (bicyclic) bond motifs is 1. The minimum atomic E-state index is -1.89. The van der Waals surface area contributed by atoms with E-state index in [0.717, 1.165) is 30.5 Å². The van der Waals surface area contributed by atoms with Gasteiger partial charge in [0.05, 0.1) is 24.8 Å². The maximum Gasteiger partial charge on any atom is 0.264 e. The van der Waals surface area contributed by atoms with E-state index in [1.807, 2.05) is 54.6 Å². The minimum absolute atomic E-state index is 0.00779. The van der Waals surface area contributed by atoms with Crippen LogP contribution in [0.1, 0.15) is 42.9 Å². The van der Waals surface area contributed by atoms with Gasteiger partial charge in [0.15, 0.2) is 5.60 Å². The van der Waals surface area contributed by atoms with Crippen LogP contribution in [0.3, 0.4) is 0 Å². The van der Waals surface area contributed by atoms with E-state index in [9.17, 15) is 24.6 Å². The van der Waals surface area contributed by atoms with Crippen LogP contribution in [-0.2, 0) is 33.1 Å². The number of aliphatic hydroxyl groups excluding tert-OH is 1. The first-order chi connectivity index (χ1) is 22.2. The molecule has 2 aliphatic rings. The molecule has 0 spiro atoms. The molecule has 1 saturated heterocycles. The average Bonchev–Trinajstić information content (AvgIpc) is 3.28. The topological polar surface area (TPSA) is 122 Å². The summed E-state index contributed by atoms with van der Waals surface area (Å²) in [6, 6.07) is 21.9. The Morgan fingerprint density at radius 3 is 2.59 bits per heavy atom. The second-order valence-electron chi connectivity index (χ2n) is 12.0. The lowest BCUT2D eigenvalue weighted by atomic mass is 9.83. The number of carbonyl (C=O) groups is 3. The first-order valence-electron chi connectivity index (χ1n) is 15.7. The van der Waals surface area contributed by atoms with Crippen molar-refractivity contribution in [3.8, 4) is 0 Å². The summed E-state index contributed by atoms with van der Waals surface area (Å²) in [6.07, 6.45) is 5.23. The van der Waals surface area contributed by atoms with Crippen LogP contribution in [0.4, 0.5) is 11.4 Å². The minimum Gasteiger partial charge on any atom is -0.395 e. The average molecular weight is 645 g/mol. The van der Waals surface area contributed by atoms with Gasteiger partial charge in [0.1, 0.15) is 0 Å². The van der Waals surface area contributed by atoms with Crippen molar-refractivity contribution >= 4 is 40.7 Å². The van der Waals surface area contributed by atoms with Gasteiger partial charge in [-0.1, -0.05) is 73.1 Å². The maximum atomic E-state index is 14.0. The smallest absolute Gasteiger partial charge is 0.264 e. The summed E-state index contributed by atoms with van der Waals surface area (Å²) < 4.78 is 0. The molecule has 0 aromatic heterocycles. The van der Waals surface area contributed by atoms with E-state index in [4.69, 9.17) is 11.6 Å². The van der Waals surface area contributed by atoms with Crippen molar-refractivity contribution in [3.05, 3.63) is 107 Å². The Hall–Kier alpha value is -4.02. The van der Waals surface area contributed by atoms with E-state index in [2.05, 4.69) is 10.6 Å². The lowest BCUT2D eigenvalue weighted by Gasteiger charge is -2.28. The molecule has 3 aromatic rings. The fourth-order valence-electron chi connectivity index (χ4n) is 6.13. The molecule has 2 aliphatic heterocycles. The van der Waals surface area contributed by atoms with Gasteiger partial charge in [-0.05, 0) is 60.8 Å². The van der Waals surface area contributed by atoms with Crippen molar-refractivity contribution in [2.75, 3.05) is 36.5 Å². The van der Waals surface area contributed by atoms with Gasteiger partial charge in [-0.25, -0.2) is 0 Å². The summed E-state index contributed by atoms with van der Waals surface area (Å²) in [6.45, 7) is 3.97. The summed E-state index contributed by atoms with van der Waals surface area (Å²) in [5, 5.41) is 28.1. The van der Waals surface area contributed by atoms with Gasteiger partial charge < -0.3 is 30.6 Å². The molecule has 0 saturated carbocycles. The Morgan fingerprint density at radius 2 is 1.89 bits per heavy atom. The van der Waals surface area contributed by atoms with Gasteiger partial charge in [-0.2, -0.15) is 0 Å². The quantitative estimate of drug-likeness (QED) is 0.214. The second kappa shape index (κ2) is 15.0. The third-order valence-corrected chi connectivity index (χ3v) is 9.01. The molecular weight excluding hydrogens is 604 g/mol. The zero-order valence-electron chi connectivity index (χ0n) is 26.0. The highest BCUT2D eigenvalue weighted by molar-refractivity contribution is 6.31. The lowest BCUT2D eigenvalue weighted by molar-refractivity contribution is -0.139. The summed E-state index contributed by atoms with van der Waals surface area (Å²) in [5.41, 5.74) is 1.54. The van der Waals surface area contributed by atoms with Crippen molar-refractivity contribution in [1.82, 2.24) is 10.2 Å². The van der Waals surface area contributed by atoms with Crippen molar-refractivity contribution < 1.29 is 24.6 Å². The normalized spacial score (nSPS) is 20.0. The number of piperidine rings is 1. The van der Waals surface area contributed by atoms with Gasteiger partial charge in [-0.3, -0.25) is 14.4 Å². The van der Waals surface area contributed by atoms with Gasteiger partial charge in [0, 0.05) is 48.2 Å².